The molecule has 140 valence electrons. The van der Waals surface area contributed by atoms with Gasteiger partial charge in [0.1, 0.15) is 5.75 Å². The summed E-state index contributed by atoms with van der Waals surface area (Å²) < 4.78 is 32.9. The van der Waals surface area contributed by atoms with Crippen LogP contribution in [-0.2, 0) is 9.84 Å². The van der Waals surface area contributed by atoms with Crippen LogP contribution in [0.15, 0.2) is 47.4 Å². The van der Waals surface area contributed by atoms with Crippen molar-refractivity contribution in [2.75, 3.05) is 24.3 Å². The highest BCUT2D eigenvalue weighted by atomic mass is 127. The minimum Gasteiger partial charge on any atom is -0.496 e. The van der Waals surface area contributed by atoms with Crippen LogP contribution in [0.3, 0.4) is 0 Å². The third kappa shape index (κ3) is 3.45. The average Bonchev–Trinajstić information content (AvgIpc) is 2.74. The molecule has 1 aliphatic rings. The van der Waals surface area contributed by atoms with Gasteiger partial charge in [0.15, 0.2) is 9.84 Å². The molecule has 2 aromatic carbocycles. The minimum atomic E-state index is -3.43. The van der Waals surface area contributed by atoms with Gasteiger partial charge < -0.3 is 9.64 Å². The van der Waals surface area contributed by atoms with Gasteiger partial charge in [-0.1, -0.05) is 32.0 Å². The van der Waals surface area contributed by atoms with Crippen molar-refractivity contribution in [1.82, 2.24) is 0 Å². The van der Waals surface area contributed by atoms with E-state index in [4.69, 9.17) is 4.74 Å². The Hall–Kier alpha value is -1.28. The molecule has 1 heterocycles. The van der Waals surface area contributed by atoms with Crippen molar-refractivity contribution in [2.45, 2.75) is 31.6 Å². The molecule has 0 saturated carbocycles. The molecule has 0 fully saturated rings. The van der Waals surface area contributed by atoms with Gasteiger partial charge in [-0.2, -0.15) is 0 Å². The lowest BCUT2D eigenvalue weighted by atomic mass is 9.83. The fourth-order valence-corrected chi connectivity index (χ4v) is 6.51. The fourth-order valence-electron chi connectivity index (χ4n) is 3.60. The normalized spacial score (nSPS) is 18.1. The topological polar surface area (TPSA) is 46.6 Å². The molecule has 0 aromatic heterocycles. The van der Waals surface area contributed by atoms with Gasteiger partial charge in [-0.15, -0.1) is 0 Å². The van der Waals surface area contributed by atoms with Crippen LogP contribution in [0.2, 0.25) is 0 Å². The predicted octanol–water partition coefficient (Wildman–Crippen LogP) is 5.03. The molecule has 0 saturated heterocycles. The molecular weight excluding hydrogens is 461 g/mol. The molecule has 0 aliphatic carbocycles. The molecular formula is C20H24INO3S. The smallest absolute Gasteiger partial charge is 0.181 e. The first-order valence-corrected chi connectivity index (χ1v) is 11.5. The number of rotatable bonds is 4. The van der Waals surface area contributed by atoms with Gasteiger partial charge in [0, 0.05) is 23.7 Å². The second-order valence-electron chi connectivity index (χ2n) is 6.84. The molecule has 26 heavy (non-hydrogen) atoms. The lowest BCUT2D eigenvalue weighted by molar-refractivity contribution is 0.313. The summed E-state index contributed by atoms with van der Waals surface area (Å²) in [6.07, 6.45) is 1.63. The minimum absolute atomic E-state index is 0.160. The van der Waals surface area contributed by atoms with Gasteiger partial charge in [0.2, 0.25) is 0 Å². The maximum Gasteiger partial charge on any atom is 0.181 e. The lowest BCUT2D eigenvalue weighted by Crippen LogP contribution is -2.37. The number of hydrogen-bond donors (Lipinski definition) is 0. The van der Waals surface area contributed by atoms with E-state index >= 15 is 0 Å². The first-order valence-electron chi connectivity index (χ1n) is 8.78. The number of halogens is 1. The molecule has 0 unspecified atom stereocenters. The summed E-state index contributed by atoms with van der Waals surface area (Å²) in [6, 6.07) is 13.6. The molecule has 2 aromatic rings. The zero-order valence-corrected chi connectivity index (χ0v) is 18.3. The highest BCUT2D eigenvalue weighted by Gasteiger charge is 2.41. The summed E-state index contributed by atoms with van der Waals surface area (Å²) in [4.78, 5) is 2.52. The molecule has 0 spiro atoms. The first-order chi connectivity index (χ1) is 12.4. The first kappa shape index (κ1) is 19.5. The Morgan fingerprint density at radius 1 is 1.15 bits per heavy atom. The molecule has 4 nitrogen and oxygen atoms in total. The number of sulfone groups is 1. The number of ether oxygens (including phenoxy) is 1. The molecule has 0 bridgehead atoms. The quantitative estimate of drug-likeness (QED) is 0.570. The van der Waals surface area contributed by atoms with Gasteiger partial charge in [-0.3, -0.25) is 0 Å². The van der Waals surface area contributed by atoms with E-state index in [1.54, 1.807) is 13.2 Å². The van der Waals surface area contributed by atoms with E-state index in [1.807, 2.05) is 36.4 Å². The summed E-state index contributed by atoms with van der Waals surface area (Å²) in [5.41, 5.74) is 1.47. The van der Waals surface area contributed by atoms with Crippen molar-refractivity contribution >= 4 is 43.8 Å². The van der Waals surface area contributed by atoms with Crippen LogP contribution in [0.5, 0.6) is 5.75 Å². The van der Waals surface area contributed by atoms with Crippen LogP contribution in [0.1, 0.15) is 26.7 Å². The Morgan fingerprint density at radius 2 is 1.81 bits per heavy atom. The Bertz CT molecular complexity index is 893. The highest BCUT2D eigenvalue weighted by Crippen LogP contribution is 2.45. The third-order valence-corrected chi connectivity index (χ3v) is 8.25. The summed E-state index contributed by atoms with van der Waals surface area (Å²) >= 11 is 2.20. The maximum atomic E-state index is 13.3. The van der Waals surface area contributed by atoms with Crippen molar-refractivity contribution in [3.8, 4) is 5.75 Å². The van der Waals surface area contributed by atoms with Crippen molar-refractivity contribution in [3.63, 3.8) is 0 Å². The summed E-state index contributed by atoms with van der Waals surface area (Å²) in [5.74, 6) is 0.758. The Labute approximate surface area is 169 Å². The number of anilines is 2. The lowest BCUT2D eigenvalue weighted by Gasteiger charge is -2.35. The summed E-state index contributed by atoms with van der Waals surface area (Å²) in [5, 5.41) is 0. The van der Waals surface area contributed by atoms with E-state index < -0.39 is 9.84 Å². The zero-order valence-electron chi connectivity index (χ0n) is 15.3. The molecule has 0 radical (unpaired) electrons. The van der Waals surface area contributed by atoms with Crippen LogP contribution in [-0.4, -0.2) is 27.8 Å². The Balaban J connectivity index is 2.31. The van der Waals surface area contributed by atoms with E-state index in [-0.39, 0.29) is 11.2 Å². The van der Waals surface area contributed by atoms with E-state index in [2.05, 4.69) is 41.3 Å². The molecule has 1 aliphatic heterocycles. The standard InChI is InChI=1S/C20H24INO3S/c1-4-20(5-2)13-22(15-9-7-6-8-10-15)17-11-16(21)18(25-3)12-19(17)26(23,24)14-20/h6-12H,4-5,13-14H2,1-3H3. The van der Waals surface area contributed by atoms with Crippen LogP contribution in [0.4, 0.5) is 11.4 Å². The van der Waals surface area contributed by atoms with Gasteiger partial charge in [0.05, 0.1) is 27.0 Å². The second-order valence-corrected chi connectivity index (χ2v) is 9.96. The van der Waals surface area contributed by atoms with Gasteiger partial charge in [0.25, 0.3) is 0 Å². The second kappa shape index (κ2) is 7.38. The molecule has 6 heteroatoms. The molecule has 0 atom stereocenters. The number of benzene rings is 2. The predicted molar refractivity (Wildman–Crippen MR) is 114 cm³/mol. The SMILES string of the molecule is CCC1(CC)CN(c2ccccc2)c2cc(I)c(OC)cc2S(=O)(=O)C1. The number of hydrogen-bond acceptors (Lipinski definition) is 4. The third-order valence-electron chi connectivity index (χ3n) is 5.42. The van der Waals surface area contributed by atoms with Crippen LogP contribution < -0.4 is 9.64 Å². The van der Waals surface area contributed by atoms with E-state index in [0.29, 0.717) is 17.2 Å². The van der Waals surface area contributed by atoms with Crippen molar-refractivity contribution in [2.24, 2.45) is 5.41 Å². The Kier molecular flexibility index (Phi) is 5.53. The van der Waals surface area contributed by atoms with Crippen LogP contribution in [0, 0.1) is 8.99 Å². The monoisotopic (exact) mass is 485 g/mol. The van der Waals surface area contributed by atoms with Gasteiger partial charge >= 0.3 is 0 Å². The number of para-hydroxylation sites is 1. The number of nitrogens with zero attached hydrogens (tertiary/aromatic N) is 1. The van der Waals surface area contributed by atoms with Crippen LogP contribution >= 0.6 is 22.6 Å². The van der Waals surface area contributed by atoms with E-state index in [9.17, 15) is 8.42 Å². The molecule has 0 amide bonds. The number of methoxy groups -OCH3 is 1. The molecule has 3 rings (SSSR count). The van der Waals surface area contributed by atoms with Crippen molar-refractivity contribution in [1.29, 1.82) is 0 Å². The maximum absolute atomic E-state index is 13.3. The number of fused-ring (bicyclic) bond motifs is 1. The van der Waals surface area contributed by atoms with Crippen molar-refractivity contribution < 1.29 is 13.2 Å². The average molecular weight is 485 g/mol. The largest absolute Gasteiger partial charge is 0.496 e. The fraction of sp³-hybridized carbons (Fsp3) is 0.400. The van der Waals surface area contributed by atoms with Gasteiger partial charge in [-0.05, 0) is 53.6 Å². The van der Waals surface area contributed by atoms with E-state index in [1.165, 1.54) is 0 Å². The summed E-state index contributed by atoms with van der Waals surface area (Å²) in [7, 11) is -1.85. The van der Waals surface area contributed by atoms with Crippen LogP contribution in [0.25, 0.3) is 0 Å². The highest BCUT2D eigenvalue weighted by molar-refractivity contribution is 14.1. The van der Waals surface area contributed by atoms with Gasteiger partial charge in [-0.25, -0.2) is 8.42 Å². The Morgan fingerprint density at radius 3 is 2.38 bits per heavy atom. The molecule has 0 N–H and O–H groups in total. The summed E-state index contributed by atoms with van der Waals surface area (Å²) in [6.45, 7) is 4.85. The van der Waals surface area contributed by atoms with E-state index in [0.717, 1.165) is 27.8 Å². The zero-order chi connectivity index (χ0) is 18.9. The van der Waals surface area contributed by atoms with Crippen molar-refractivity contribution in [3.05, 3.63) is 46.0 Å².